The maximum atomic E-state index is 12.6. The summed E-state index contributed by atoms with van der Waals surface area (Å²) in [6.45, 7) is 2.15. The van der Waals surface area contributed by atoms with Gasteiger partial charge in [0.15, 0.2) is 5.78 Å². The molecule has 1 spiro atoms. The molecular formula is C18H18O2. The van der Waals surface area contributed by atoms with E-state index in [1.165, 1.54) is 5.56 Å². The van der Waals surface area contributed by atoms with E-state index in [2.05, 4.69) is 31.2 Å². The SMILES string of the molecule is COC1=CC2=CC(=O)[C@@]3(C)CCC[C@@]23c2ccccc21. The van der Waals surface area contributed by atoms with Crippen LogP contribution in [0.4, 0.5) is 0 Å². The number of hydrogen-bond acceptors (Lipinski definition) is 2. The number of carbonyl (C=O) groups is 1. The van der Waals surface area contributed by atoms with Crippen molar-refractivity contribution in [3.63, 3.8) is 0 Å². The Kier molecular flexibility index (Phi) is 2.17. The zero-order valence-corrected chi connectivity index (χ0v) is 11.9. The van der Waals surface area contributed by atoms with E-state index in [1.807, 2.05) is 12.1 Å². The molecule has 1 saturated carbocycles. The summed E-state index contributed by atoms with van der Waals surface area (Å²) >= 11 is 0. The Morgan fingerprint density at radius 3 is 2.75 bits per heavy atom. The number of fused-ring (bicyclic) bond motifs is 1. The molecule has 0 aliphatic heterocycles. The van der Waals surface area contributed by atoms with E-state index in [1.54, 1.807) is 7.11 Å². The first-order chi connectivity index (χ1) is 9.63. The van der Waals surface area contributed by atoms with Crippen molar-refractivity contribution in [2.24, 2.45) is 5.41 Å². The van der Waals surface area contributed by atoms with E-state index in [0.717, 1.165) is 36.2 Å². The van der Waals surface area contributed by atoms with Crippen LogP contribution in [-0.2, 0) is 14.9 Å². The average Bonchev–Trinajstić information content (AvgIpc) is 2.91. The van der Waals surface area contributed by atoms with Crippen LogP contribution in [-0.4, -0.2) is 12.9 Å². The molecule has 102 valence electrons. The van der Waals surface area contributed by atoms with Crippen molar-refractivity contribution in [3.05, 3.63) is 53.1 Å². The normalized spacial score (nSPS) is 34.0. The molecule has 0 unspecified atom stereocenters. The van der Waals surface area contributed by atoms with Crippen molar-refractivity contribution in [1.29, 1.82) is 0 Å². The van der Waals surface area contributed by atoms with Gasteiger partial charge in [0.2, 0.25) is 0 Å². The van der Waals surface area contributed by atoms with Gasteiger partial charge in [0.1, 0.15) is 5.76 Å². The van der Waals surface area contributed by atoms with Crippen molar-refractivity contribution >= 4 is 11.5 Å². The van der Waals surface area contributed by atoms with Gasteiger partial charge < -0.3 is 4.74 Å². The van der Waals surface area contributed by atoms with Gasteiger partial charge in [0.25, 0.3) is 0 Å². The summed E-state index contributed by atoms with van der Waals surface area (Å²) in [6, 6.07) is 8.40. The molecule has 0 saturated heterocycles. The summed E-state index contributed by atoms with van der Waals surface area (Å²) in [5.74, 6) is 1.16. The fourth-order valence-electron chi connectivity index (χ4n) is 4.63. The Labute approximate surface area is 119 Å². The van der Waals surface area contributed by atoms with Gasteiger partial charge in [-0.3, -0.25) is 4.79 Å². The number of hydrogen-bond donors (Lipinski definition) is 0. The third kappa shape index (κ3) is 1.10. The van der Waals surface area contributed by atoms with Crippen LogP contribution in [0.3, 0.4) is 0 Å². The zero-order chi connectivity index (χ0) is 14.0. The fourth-order valence-corrected chi connectivity index (χ4v) is 4.63. The van der Waals surface area contributed by atoms with E-state index in [9.17, 15) is 4.79 Å². The van der Waals surface area contributed by atoms with Crippen molar-refractivity contribution < 1.29 is 9.53 Å². The van der Waals surface area contributed by atoms with Crippen molar-refractivity contribution in [2.45, 2.75) is 31.6 Å². The lowest BCUT2D eigenvalue weighted by atomic mass is 9.59. The first kappa shape index (κ1) is 12.0. The van der Waals surface area contributed by atoms with Crippen LogP contribution in [0.2, 0.25) is 0 Å². The summed E-state index contributed by atoms with van der Waals surface area (Å²) in [5.41, 5.74) is 3.18. The van der Waals surface area contributed by atoms with Gasteiger partial charge >= 0.3 is 0 Å². The lowest BCUT2D eigenvalue weighted by Gasteiger charge is -2.42. The molecule has 3 aliphatic rings. The second-order valence-corrected chi connectivity index (χ2v) is 6.31. The predicted molar refractivity (Wildman–Crippen MR) is 78.2 cm³/mol. The summed E-state index contributed by atoms with van der Waals surface area (Å²) in [6.07, 6.45) is 7.09. The molecule has 3 aliphatic carbocycles. The highest BCUT2D eigenvalue weighted by Gasteiger charge is 2.62. The number of ketones is 1. The van der Waals surface area contributed by atoms with Crippen LogP contribution in [0.15, 0.2) is 42.0 Å². The average molecular weight is 266 g/mol. The fraction of sp³-hybridized carbons (Fsp3) is 0.389. The minimum Gasteiger partial charge on any atom is -0.496 e. The van der Waals surface area contributed by atoms with Gasteiger partial charge in [0, 0.05) is 16.4 Å². The molecule has 0 N–H and O–H groups in total. The highest BCUT2D eigenvalue weighted by atomic mass is 16.5. The van der Waals surface area contributed by atoms with E-state index < -0.39 is 0 Å². The molecule has 0 heterocycles. The number of rotatable bonds is 1. The molecule has 20 heavy (non-hydrogen) atoms. The molecule has 2 heteroatoms. The molecule has 1 aromatic rings. The van der Waals surface area contributed by atoms with Crippen LogP contribution in [0.25, 0.3) is 5.76 Å². The number of ether oxygens (including phenoxy) is 1. The Balaban J connectivity index is 2.08. The van der Waals surface area contributed by atoms with Gasteiger partial charge in [-0.1, -0.05) is 37.6 Å². The predicted octanol–water partition coefficient (Wildman–Crippen LogP) is 3.62. The highest BCUT2D eigenvalue weighted by molar-refractivity contribution is 6.03. The van der Waals surface area contributed by atoms with Gasteiger partial charge in [-0.05, 0) is 36.1 Å². The van der Waals surface area contributed by atoms with Crippen LogP contribution < -0.4 is 0 Å². The quantitative estimate of drug-likeness (QED) is 0.776. The zero-order valence-electron chi connectivity index (χ0n) is 11.9. The molecule has 1 aromatic carbocycles. The Morgan fingerprint density at radius 1 is 1.15 bits per heavy atom. The number of allylic oxidation sites excluding steroid dienone is 3. The number of carbonyl (C=O) groups excluding carboxylic acids is 1. The van der Waals surface area contributed by atoms with Gasteiger partial charge in [0.05, 0.1) is 7.11 Å². The van der Waals surface area contributed by atoms with Crippen molar-refractivity contribution in [2.75, 3.05) is 7.11 Å². The number of methoxy groups -OCH3 is 1. The van der Waals surface area contributed by atoms with Crippen LogP contribution in [0, 0.1) is 5.41 Å². The lowest BCUT2D eigenvalue weighted by Crippen LogP contribution is -2.42. The maximum absolute atomic E-state index is 12.6. The van der Waals surface area contributed by atoms with Gasteiger partial charge in [-0.25, -0.2) is 0 Å². The van der Waals surface area contributed by atoms with E-state index >= 15 is 0 Å². The third-order valence-electron chi connectivity index (χ3n) is 5.65. The third-order valence-corrected chi connectivity index (χ3v) is 5.65. The molecule has 0 bridgehead atoms. The molecule has 0 aromatic heterocycles. The second kappa shape index (κ2) is 3.63. The van der Waals surface area contributed by atoms with Crippen molar-refractivity contribution in [3.8, 4) is 0 Å². The van der Waals surface area contributed by atoms with Gasteiger partial charge in [-0.2, -0.15) is 0 Å². The highest BCUT2D eigenvalue weighted by Crippen LogP contribution is 2.65. The summed E-state index contributed by atoms with van der Waals surface area (Å²) in [5, 5.41) is 0. The Hall–Kier alpha value is -1.83. The Bertz CT molecular complexity index is 682. The molecule has 1 fully saturated rings. The van der Waals surface area contributed by atoms with Crippen LogP contribution in [0.1, 0.15) is 37.3 Å². The minimum atomic E-state index is -0.270. The largest absolute Gasteiger partial charge is 0.496 e. The molecular weight excluding hydrogens is 248 g/mol. The standard InChI is InChI=1S/C18H18O2/c1-17-8-5-9-18(17)12(11-16(17)19)10-15(20-2)13-6-3-4-7-14(13)18/h3-4,6-7,10-11H,5,8-9H2,1-2H3/t17-,18+/m1/s1. The summed E-state index contributed by atoms with van der Waals surface area (Å²) < 4.78 is 5.55. The monoisotopic (exact) mass is 266 g/mol. The smallest absolute Gasteiger partial charge is 0.163 e. The number of benzene rings is 1. The molecule has 0 amide bonds. The Morgan fingerprint density at radius 2 is 1.95 bits per heavy atom. The van der Waals surface area contributed by atoms with Crippen LogP contribution >= 0.6 is 0 Å². The molecule has 2 nitrogen and oxygen atoms in total. The van der Waals surface area contributed by atoms with E-state index in [4.69, 9.17) is 4.74 Å². The van der Waals surface area contributed by atoms with Crippen molar-refractivity contribution in [1.82, 2.24) is 0 Å². The topological polar surface area (TPSA) is 26.3 Å². The van der Waals surface area contributed by atoms with Crippen LogP contribution in [0.5, 0.6) is 0 Å². The molecule has 0 radical (unpaired) electrons. The minimum absolute atomic E-state index is 0.122. The summed E-state index contributed by atoms with van der Waals surface area (Å²) in [7, 11) is 1.70. The van der Waals surface area contributed by atoms with Gasteiger partial charge in [-0.15, -0.1) is 0 Å². The van der Waals surface area contributed by atoms with E-state index in [-0.39, 0.29) is 16.6 Å². The first-order valence-corrected chi connectivity index (χ1v) is 7.26. The summed E-state index contributed by atoms with van der Waals surface area (Å²) in [4.78, 5) is 12.6. The van der Waals surface area contributed by atoms with E-state index in [0.29, 0.717) is 0 Å². The lowest BCUT2D eigenvalue weighted by molar-refractivity contribution is -0.123. The maximum Gasteiger partial charge on any atom is 0.163 e. The second-order valence-electron chi connectivity index (χ2n) is 6.31. The first-order valence-electron chi connectivity index (χ1n) is 7.26. The molecule has 2 atom stereocenters. The molecule has 4 rings (SSSR count).